The molecule has 1 N–H and O–H groups in total. The van der Waals surface area contributed by atoms with Crippen molar-refractivity contribution in [2.75, 3.05) is 0 Å². The van der Waals surface area contributed by atoms with Gasteiger partial charge in [0.15, 0.2) is 0 Å². The van der Waals surface area contributed by atoms with E-state index in [0.717, 1.165) is 5.92 Å². The third-order valence-corrected chi connectivity index (χ3v) is 4.42. The van der Waals surface area contributed by atoms with Gasteiger partial charge in [-0.3, -0.25) is 0 Å². The molecule has 112 valence electrons. The molecule has 0 aliphatic heterocycles. The molecule has 20 heavy (non-hydrogen) atoms. The predicted molar refractivity (Wildman–Crippen MR) is 87.8 cm³/mol. The van der Waals surface area contributed by atoms with Gasteiger partial charge in [-0.15, -0.1) is 0 Å². The Morgan fingerprint density at radius 2 is 1.80 bits per heavy atom. The van der Waals surface area contributed by atoms with Gasteiger partial charge in [-0.05, 0) is 36.7 Å². The van der Waals surface area contributed by atoms with Crippen LogP contribution in [0.3, 0.4) is 0 Å². The summed E-state index contributed by atoms with van der Waals surface area (Å²) in [6, 6.07) is 12.0. The second kappa shape index (κ2) is 6.76. The molecule has 0 spiro atoms. The van der Waals surface area contributed by atoms with Gasteiger partial charge in [0.25, 0.3) is 0 Å². The van der Waals surface area contributed by atoms with Gasteiger partial charge in [-0.2, -0.15) is 0 Å². The highest BCUT2D eigenvalue weighted by atomic mass is 14.9. The second-order valence-corrected chi connectivity index (χ2v) is 7.83. The summed E-state index contributed by atoms with van der Waals surface area (Å²) in [6.07, 6.45) is 6.86. The van der Waals surface area contributed by atoms with Crippen LogP contribution in [0.5, 0.6) is 0 Å². The normalized spacial score (nSPS) is 19.4. The molecule has 0 bridgehead atoms. The molecule has 1 saturated carbocycles. The molecule has 2 rings (SSSR count). The standard InChI is InChI=1S/C19H31N/c1-15(13-16-9-8-10-16)20-18(14-19(2,3)4)17-11-6-5-7-12-17/h5-7,11-12,15-16,18,20H,8-10,13-14H2,1-4H3. The molecule has 2 unspecified atom stereocenters. The third-order valence-electron chi connectivity index (χ3n) is 4.42. The Balaban J connectivity index is 1.98. The van der Waals surface area contributed by atoms with E-state index in [1.165, 1.54) is 37.7 Å². The SMILES string of the molecule is CC(CC1CCC1)NC(CC(C)(C)C)c1ccccc1. The maximum absolute atomic E-state index is 3.89. The molecule has 1 aliphatic rings. The van der Waals surface area contributed by atoms with Gasteiger partial charge < -0.3 is 5.32 Å². The van der Waals surface area contributed by atoms with Crippen LogP contribution in [0.15, 0.2) is 30.3 Å². The monoisotopic (exact) mass is 273 g/mol. The summed E-state index contributed by atoms with van der Waals surface area (Å²) in [6.45, 7) is 9.36. The van der Waals surface area contributed by atoms with Crippen LogP contribution < -0.4 is 5.32 Å². The fourth-order valence-corrected chi connectivity index (χ4v) is 3.21. The molecule has 1 aromatic carbocycles. The molecule has 1 aromatic rings. The van der Waals surface area contributed by atoms with Crippen molar-refractivity contribution < 1.29 is 0 Å². The van der Waals surface area contributed by atoms with Gasteiger partial charge in [0, 0.05) is 12.1 Å². The topological polar surface area (TPSA) is 12.0 Å². The Morgan fingerprint density at radius 1 is 1.15 bits per heavy atom. The highest BCUT2D eigenvalue weighted by molar-refractivity contribution is 5.19. The highest BCUT2D eigenvalue weighted by Gasteiger charge is 2.24. The van der Waals surface area contributed by atoms with E-state index in [1.807, 2.05) is 0 Å². The first-order valence-corrected chi connectivity index (χ1v) is 8.25. The Labute approximate surface area is 125 Å². The third kappa shape index (κ3) is 4.94. The molecule has 1 fully saturated rings. The van der Waals surface area contributed by atoms with Crippen LogP contribution in [0.1, 0.15) is 71.4 Å². The van der Waals surface area contributed by atoms with Crippen molar-refractivity contribution in [1.82, 2.24) is 5.32 Å². The lowest BCUT2D eigenvalue weighted by Gasteiger charge is -2.33. The van der Waals surface area contributed by atoms with Crippen molar-refractivity contribution in [2.24, 2.45) is 11.3 Å². The van der Waals surface area contributed by atoms with E-state index in [-0.39, 0.29) is 0 Å². The van der Waals surface area contributed by atoms with Crippen molar-refractivity contribution >= 4 is 0 Å². The molecule has 0 radical (unpaired) electrons. The minimum Gasteiger partial charge on any atom is -0.307 e. The van der Waals surface area contributed by atoms with Gasteiger partial charge in [0.05, 0.1) is 0 Å². The van der Waals surface area contributed by atoms with Crippen molar-refractivity contribution in [2.45, 2.75) is 71.9 Å². The maximum Gasteiger partial charge on any atom is 0.0327 e. The molecule has 2 atom stereocenters. The average molecular weight is 273 g/mol. The summed E-state index contributed by atoms with van der Waals surface area (Å²) in [5.41, 5.74) is 1.78. The average Bonchev–Trinajstić information content (AvgIpc) is 2.33. The van der Waals surface area contributed by atoms with Gasteiger partial charge in [-0.1, -0.05) is 70.4 Å². The van der Waals surface area contributed by atoms with E-state index < -0.39 is 0 Å². The fourth-order valence-electron chi connectivity index (χ4n) is 3.21. The van der Waals surface area contributed by atoms with Gasteiger partial charge in [0.2, 0.25) is 0 Å². The minimum atomic E-state index is 0.351. The molecule has 0 heterocycles. The van der Waals surface area contributed by atoms with Crippen molar-refractivity contribution in [3.05, 3.63) is 35.9 Å². The molecule has 0 aromatic heterocycles. The summed E-state index contributed by atoms with van der Waals surface area (Å²) < 4.78 is 0. The Bertz CT molecular complexity index is 386. The van der Waals surface area contributed by atoms with Crippen molar-refractivity contribution in [1.29, 1.82) is 0 Å². The minimum absolute atomic E-state index is 0.351. The second-order valence-electron chi connectivity index (χ2n) is 7.83. The lowest BCUT2D eigenvalue weighted by atomic mass is 9.80. The van der Waals surface area contributed by atoms with Crippen molar-refractivity contribution in [3.8, 4) is 0 Å². The first-order valence-electron chi connectivity index (χ1n) is 8.25. The molecular formula is C19H31N. The first kappa shape index (κ1) is 15.6. The summed E-state index contributed by atoms with van der Waals surface area (Å²) in [5, 5.41) is 3.89. The van der Waals surface area contributed by atoms with Crippen LogP contribution in [0.4, 0.5) is 0 Å². The van der Waals surface area contributed by atoms with E-state index in [1.54, 1.807) is 0 Å². The van der Waals surface area contributed by atoms with E-state index in [0.29, 0.717) is 17.5 Å². The summed E-state index contributed by atoms with van der Waals surface area (Å²) in [5.74, 6) is 0.976. The Hall–Kier alpha value is -0.820. The van der Waals surface area contributed by atoms with Crippen LogP contribution in [0.25, 0.3) is 0 Å². The number of nitrogens with one attached hydrogen (secondary N) is 1. The van der Waals surface area contributed by atoms with E-state index >= 15 is 0 Å². The zero-order chi connectivity index (χ0) is 14.6. The van der Waals surface area contributed by atoms with Crippen LogP contribution in [-0.2, 0) is 0 Å². The molecule has 1 aliphatic carbocycles. The quantitative estimate of drug-likeness (QED) is 0.738. The zero-order valence-corrected chi connectivity index (χ0v) is 13.7. The molecule has 1 heteroatoms. The van der Waals surface area contributed by atoms with E-state index in [9.17, 15) is 0 Å². The Morgan fingerprint density at radius 3 is 2.30 bits per heavy atom. The Kier molecular flexibility index (Phi) is 5.26. The summed E-state index contributed by atoms with van der Waals surface area (Å²) >= 11 is 0. The maximum atomic E-state index is 3.89. The highest BCUT2D eigenvalue weighted by Crippen LogP contribution is 2.33. The lowest BCUT2D eigenvalue weighted by Crippen LogP contribution is -2.35. The van der Waals surface area contributed by atoms with Gasteiger partial charge in [0.1, 0.15) is 0 Å². The first-order chi connectivity index (χ1) is 9.44. The van der Waals surface area contributed by atoms with Gasteiger partial charge in [-0.25, -0.2) is 0 Å². The number of hydrogen-bond acceptors (Lipinski definition) is 1. The fraction of sp³-hybridized carbons (Fsp3) is 0.684. The number of hydrogen-bond donors (Lipinski definition) is 1. The zero-order valence-electron chi connectivity index (χ0n) is 13.7. The summed E-state index contributed by atoms with van der Waals surface area (Å²) in [4.78, 5) is 0. The van der Waals surface area contributed by atoms with E-state index in [4.69, 9.17) is 0 Å². The molecular weight excluding hydrogens is 242 g/mol. The molecule has 0 saturated heterocycles. The summed E-state index contributed by atoms with van der Waals surface area (Å²) in [7, 11) is 0. The van der Waals surface area contributed by atoms with Crippen molar-refractivity contribution in [3.63, 3.8) is 0 Å². The lowest BCUT2D eigenvalue weighted by molar-refractivity contribution is 0.239. The molecule has 1 nitrogen and oxygen atoms in total. The van der Waals surface area contributed by atoms with Crippen LogP contribution in [0.2, 0.25) is 0 Å². The number of benzene rings is 1. The van der Waals surface area contributed by atoms with E-state index in [2.05, 4.69) is 63.3 Å². The van der Waals surface area contributed by atoms with Crippen LogP contribution >= 0.6 is 0 Å². The number of rotatable bonds is 6. The molecule has 0 amide bonds. The van der Waals surface area contributed by atoms with Crippen LogP contribution in [0, 0.1) is 11.3 Å². The largest absolute Gasteiger partial charge is 0.307 e. The smallest absolute Gasteiger partial charge is 0.0327 e. The van der Waals surface area contributed by atoms with Gasteiger partial charge >= 0.3 is 0 Å². The predicted octanol–water partition coefficient (Wildman–Crippen LogP) is 5.33. The van der Waals surface area contributed by atoms with Crippen LogP contribution in [-0.4, -0.2) is 6.04 Å².